The first-order valence-corrected chi connectivity index (χ1v) is 8.80. The molecule has 1 aliphatic rings. The molecule has 25 heavy (non-hydrogen) atoms. The predicted octanol–water partition coefficient (Wildman–Crippen LogP) is 2.17. The molecular weight excluding hydrogens is 318 g/mol. The molecule has 0 bridgehead atoms. The van der Waals surface area contributed by atoms with Gasteiger partial charge in [0, 0.05) is 44.1 Å². The van der Waals surface area contributed by atoms with E-state index in [0.29, 0.717) is 44.3 Å². The number of rotatable bonds is 6. The Kier molecular flexibility index (Phi) is 5.71. The van der Waals surface area contributed by atoms with Crippen LogP contribution >= 0.6 is 0 Å². The number of methoxy groups -OCH3 is 1. The van der Waals surface area contributed by atoms with Crippen LogP contribution in [0.1, 0.15) is 29.8 Å². The monoisotopic (exact) mass is 343 g/mol. The molecule has 6 heteroatoms. The highest BCUT2D eigenvalue weighted by Crippen LogP contribution is 2.23. The number of ether oxygens (including phenoxy) is 1. The Hall–Kier alpha value is -2.34. The number of benzene rings is 1. The van der Waals surface area contributed by atoms with Gasteiger partial charge >= 0.3 is 0 Å². The molecule has 0 aliphatic carbocycles. The summed E-state index contributed by atoms with van der Waals surface area (Å²) < 4.78 is 4.92. The van der Waals surface area contributed by atoms with E-state index >= 15 is 0 Å². The zero-order chi connectivity index (χ0) is 17.6. The second-order valence-electron chi connectivity index (χ2n) is 6.55. The minimum Gasteiger partial charge on any atom is -0.383 e. The van der Waals surface area contributed by atoms with Gasteiger partial charge in [-0.25, -0.2) is 0 Å². The lowest BCUT2D eigenvalue weighted by atomic mass is 9.93. The van der Waals surface area contributed by atoms with Gasteiger partial charge in [-0.15, -0.1) is 0 Å². The third-order valence-electron chi connectivity index (χ3n) is 4.76. The largest absolute Gasteiger partial charge is 0.383 e. The smallest absolute Gasteiger partial charge is 0.270 e. The summed E-state index contributed by atoms with van der Waals surface area (Å²) in [7, 11) is 1.62. The highest BCUT2D eigenvalue weighted by molar-refractivity contribution is 5.98. The van der Waals surface area contributed by atoms with Crippen molar-refractivity contribution in [2.24, 2.45) is 5.92 Å². The first-order valence-electron chi connectivity index (χ1n) is 8.80. The number of H-pyrrole nitrogens is 1. The average Bonchev–Trinajstić information content (AvgIpc) is 3.06. The predicted molar refractivity (Wildman–Crippen MR) is 96.4 cm³/mol. The van der Waals surface area contributed by atoms with E-state index in [2.05, 4.69) is 10.3 Å². The molecule has 1 aliphatic heterocycles. The average molecular weight is 343 g/mol. The highest BCUT2D eigenvalue weighted by atomic mass is 16.5. The first-order chi connectivity index (χ1) is 12.2. The van der Waals surface area contributed by atoms with Gasteiger partial charge in [-0.05, 0) is 30.9 Å². The quantitative estimate of drug-likeness (QED) is 0.790. The van der Waals surface area contributed by atoms with Crippen molar-refractivity contribution in [3.05, 3.63) is 36.0 Å². The lowest BCUT2D eigenvalue weighted by Crippen LogP contribution is -2.40. The molecule has 6 nitrogen and oxygen atoms in total. The Morgan fingerprint density at radius 1 is 1.28 bits per heavy atom. The van der Waals surface area contributed by atoms with E-state index in [1.54, 1.807) is 7.11 Å². The second-order valence-corrected chi connectivity index (χ2v) is 6.55. The molecule has 0 atom stereocenters. The number of fused-ring (bicyclic) bond motifs is 1. The molecule has 2 aromatic rings. The number of nitrogens with one attached hydrogen (secondary N) is 2. The van der Waals surface area contributed by atoms with E-state index in [1.807, 2.05) is 35.2 Å². The summed E-state index contributed by atoms with van der Waals surface area (Å²) in [6, 6.07) is 9.80. The number of carbonyl (C=O) groups is 2. The zero-order valence-electron chi connectivity index (χ0n) is 14.6. The zero-order valence-corrected chi connectivity index (χ0v) is 14.6. The fraction of sp³-hybridized carbons (Fsp3) is 0.474. The van der Waals surface area contributed by atoms with Crippen LogP contribution in [-0.2, 0) is 9.53 Å². The number of hydrogen-bond donors (Lipinski definition) is 2. The van der Waals surface area contributed by atoms with Crippen molar-refractivity contribution < 1.29 is 14.3 Å². The van der Waals surface area contributed by atoms with Gasteiger partial charge < -0.3 is 19.9 Å². The maximum Gasteiger partial charge on any atom is 0.270 e. The molecule has 0 radical (unpaired) electrons. The van der Waals surface area contributed by atoms with Crippen LogP contribution in [0.15, 0.2) is 30.3 Å². The second kappa shape index (κ2) is 8.16. The van der Waals surface area contributed by atoms with Crippen LogP contribution in [0, 0.1) is 5.92 Å². The van der Waals surface area contributed by atoms with Gasteiger partial charge in [0.2, 0.25) is 5.91 Å². The van der Waals surface area contributed by atoms with Crippen LogP contribution in [0.4, 0.5) is 0 Å². The molecule has 0 saturated carbocycles. The van der Waals surface area contributed by atoms with E-state index in [1.165, 1.54) is 0 Å². The summed E-state index contributed by atoms with van der Waals surface area (Å²) in [5.74, 6) is 0.450. The fourth-order valence-corrected chi connectivity index (χ4v) is 3.33. The van der Waals surface area contributed by atoms with Crippen LogP contribution in [0.2, 0.25) is 0 Å². The number of carbonyl (C=O) groups excluding carboxylic acids is 2. The number of likely N-dealkylation sites (tertiary alicyclic amines) is 1. The maximum absolute atomic E-state index is 12.7. The van der Waals surface area contributed by atoms with Crippen LogP contribution < -0.4 is 5.32 Å². The molecule has 1 aromatic heterocycles. The number of para-hydroxylation sites is 1. The van der Waals surface area contributed by atoms with Crippen LogP contribution in [0.25, 0.3) is 10.9 Å². The van der Waals surface area contributed by atoms with Gasteiger partial charge in [-0.2, -0.15) is 0 Å². The molecule has 2 N–H and O–H groups in total. The number of piperidine rings is 1. The van der Waals surface area contributed by atoms with E-state index in [-0.39, 0.29) is 11.8 Å². The Bertz CT molecular complexity index is 699. The first kappa shape index (κ1) is 17.5. The third kappa shape index (κ3) is 4.39. The van der Waals surface area contributed by atoms with Gasteiger partial charge in [-0.1, -0.05) is 18.2 Å². The molecule has 0 unspecified atom stereocenters. The normalized spacial score (nSPS) is 15.5. The lowest BCUT2D eigenvalue weighted by Gasteiger charge is -2.31. The van der Waals surface area contributed by atoms with Gasteiger partial charge in [0.25, 0.3) is 5.91 Å². The molecule has 2 heterocycles. The Labute approximate surface area is 147 Å². The number of amides is 2. The number of aromatic nitrogens is 1. The van der Waals surface area contributed by atoms with Crippen LogP contribution in [-0.4, -0.2) is 55.0 Å². The summed E-state index contributed by atoms with van der Waals surface area (Å²) in [4.78, 5) is 29.6. The molecule has 134 valence electrons. The van der Waals surface area contributed by atoms with Crippen molar-refractivity contribution in [3.8, 4) is 0 Å². The standard InChI is InChI=1S/C19H25N3O3/c1-25-11-8-20-18(23)12-14-6-9-22(10-7-14)19(24)17-13-15-4-2-3-5-16(15)21-17/h2-5,13-14,21H,6-12H2,1H3,(H,20,23). The SMILES string of the molecule is COCCNC(=O)CC1CCN(C(=O)c2cc3ccccc3[nH]2)CC1. The molecule has 1 saturated heterocycles. The molecule has 1 aromatic carbocycles. The van der Waals surface area contributed by atoms with Gasteiger partial charge in [0.1, 0.15) is 5.69 Å². The van der Waals surface area contributed by atoms with Crippen molar-refractivity contribution in [3.63, 3.8) is 0 Å². The van der Waals surface area contributed by atoms with E-state index < -0.39 is 0 Å². The summed E-state index contributed by atoms with van der Waals surface area (Å²) in [5, 5.41) is 3.91. The van der Waals surface area contributed by atoms with Crippen molar-refractivity contribution in [1.29, 1.82) is 0 Å². The molecule has 3 rings (SSSR count). The van der Waals surface area contributed by atoms with E-state index in [0.717, 1.165) is 23.7 Å². The van der Waals surface area contributed by atoms with Crippen molar-refractivity contribution in [2.75, 3.05) is 33.4 Å². The minimum atomic E-state index is 0.0409. The number of hydrogen-bond acceptors (Lipinski definition) is 3. The Balaban J connectivity index is 1.50. The number of nitrogens with zero attached hydrogens (tertiary/aromatic N) is 1. The third-order valence-corrected chi connectivity index (χ3v) is 4.76. The summed E-state index contributed by atoms with van der Waals surface area (Å²) in [6.45, 7) is 2.48. The van der Waals surface area contributed by atoms with Crippen molar-refractivity contribution in [1.82, 2.24) is 15.2 Å². The molecule has 0 spiro atoms. The summed E-state index contributed by atoms with van der Waals surface area (Å²) in [6.07, 6.45) is 2.26. The Morgan fingerprint density at radius 3 is 2.76 bits per heavy atom. The Morgan fingerprint density at radius 2 is 2.04 bits per heavy atom. The fourth-order valence-electron chi connectivity index (χ4n) is 3.33. The van der Waals surface area contributed by atoms with Gasteiger partial charge in [0.15, 0.2) is 0 Å². The van der Waals surface area contributed by atoms with Gasteiger partial charge in [-0.3, -0.25) is 9.59 Å². The summed E-state index contributed by atoms with van der Waals surface area (Å²) >= 11 is 0. The topological polar surface area (TPSA) is 74.4 Å². The van der Waals surface area contributed by atoms with E-state index in [4.69, 9.17) is 4.74 Å². The van der Waals surface area contributed by atoms with Crippen molar-refractivity contribution >= 4 is 22.7 Å². The highest BCUT2D eigenvalue weighted by Gasteiger charge is 2.25. The molecule has 1 fully saturated rings. The van der Waals surface area contributed by atoms with Crippen LogP contribution in [0.3, 0.4) is 0 Å². The van der Waals surface area contributed by atoms with Gasteiger partial charge in [0.05, 0.1) is 6.61 Å². The van der Waals surface area contributed by atoms with E-state index in [9.17, 15) is 9.59 Å². The maximum atomic E-state index is 12.7. The lowest BCUT2D eigenvalue weighted by molar-refractivity contribution is -0.122. The molecule has 2 amide bonds. The molecular formula is C19H25N3O3. The van der Waals surface area contributed by atoms with Crippen molar-refractivity contribution in [2.45, 2.75) is 19.3 Å². The summed E-state index contributed by atoms with van der Waals surface area (Å²) in [5.41, 5.74) is 1.62. The number of aromatic amines is 1. The minimum absolute atomic E-state index is 0.0409. The van der Waals surface area contributed by atoms with Crippen LogP contribution in [0.5, 0.6) is 0 Å².